The zero-order chi connectivity index (χ0) is 14.5. The summed E-state index contributed by atoms with van der Waals surface area (Å²) in [5.74, 6) is 0.712. The number of ether oxygens (including phenoxy) is 2. The molecule has 0 spiro atoms. The Hall–Kier alpha value is -0.460. The number of hydrogen-bond donors (Lipinski definition) is 0. The first kappa shape index (κ1) is 15.4. The molecular weight excluding hydrogens is 284 g/mol. The van der Waals surface area contributed by atoms with Crippen LogP contribution in [0.3, 0.4) is 0 Å². The third kappa shape index (κ3) is 4.27. The normalized spacial score (nSPS) is 25.5. The minimum atomic E-state index is 0.501. The van der Waals surface area contributed by atoms with E-state index in [0.717, 1.165) is 52.6 Å². The van der Waals surface area contributed by atoms with Gasteiger partial charge in [-0.2, -0.15) is 0 Å². The standard InChI is InChI=1S/C16H26N2O2S/c1-17(11-14-4-7-20-13-14)12-15(16-3-2-10-21-16)18-5-8-19-9-6-18/h2-3,10,14-15H,4-9,11-13H2,1H3/t14-,15+/m1/s1. The lowest BCUT2D eigenvalue weighted by Gasteiger charge is -2.36. The molecule has 2 fully saturated rings. The third-order valence-electron chi connectivity index (χ3n) is 4.44. The van der Waals surface area contributed by atoms with Crippen molar-refractivity contribution in [2.75, 3.05) is 59.7 Å². The predicted molar refractivity (Wildman–Crippen MR) is 85.9 cm³/mol. The van der Waals surface area contributed by atoms with Crippen LogP contribution in [0.1, 0.15) is 17.3 Å². The molecule has 3 rings (SSSR count). The van der Waals surface area contributed by atoms with Crippen molar-refractivity contribution in [3.05, 3.63) is 22.4 Å². The van der Waals surface area contributed by atoms with Gasteiger partial charge in [-0.25, -0.2) is 0 Å². The molecule has 0 amide bonds. The SMILES string of the molecule is CN(C[C@H]1CCOC1)C[C@@H](c1cccs1)N1CCOCC1. The lowest BCUT2D eigenvalue weighted by Crippen LogP contribution is -2.43. The van der Waals surface area contributed by atoms with Crippen LogP contribution < -0.4 is 0 Å². The number of thiophene rings is 1. The van der Waals surface area contributed by atoms with Crippen molar-refractivity contribution in [3.63, 3.8) is 0 Å². The molecule has 0 N–H and O–H groups in total. The summed E-state index contributed by atoms with van der Waals surface area (Å²) in [5, 5.41) is 2.19. The molecule has 2 atom stereocenters. The molecule has 21 heavy (non-hydrogen) atoms. The van der Waals surface area contributed by atoms with Gasteiger partial charge in [-0.05, 0) is 30.8 Å². The molecular formula is C16H26N2O2S. The van der Waals surface area contributed by atoms with E-state index >= 15 is 0 Å². The Morgan fingerprint density at radius 1 is 1.33 bits per heavy atom. The van der Waals surface area contributed by atoms with Gasteiger partial charge in [0.1, 0.15) is 0 Å². The van der Waals surface area contributed by atoms with Crippen molar-refractivity contribution in [2.45, 2.75) is 12.5 Å². The van der Waals surface area contributed by atoms with Crippen LogP contribution in [0.2, 0.25) is 0 Å². The summed E-state index contributed by atoms with van der Waals surface area (Å²) in [6, 6.07) is 4.94. The van der Waals surface area contributed by atoms with Crippen molar-refractivity contribution in [3.8, 4) is 0 Å². The molecule has 0 aliphatic carbocycles. The molecule has 0 radical (unpaired) electrons. The maximum Gasteiger partial charge on any atom is 0.0594 e. The van der Waals surface area contributed by atoms with Crippen LogP contribution >= 0.6 is 11.3 Å². The Morgan fingerprint density at radius 2 is 2.19 bits per heavy atom. The lowest BCUT2D eigenvalue weighted by atomic mass is 10.1. The van der Waals surface area contributed by atoms with Crippen molar-refractivity contribution >= 4 is 11.3 Å². The first-order valence-electron chi connectivity index (χ1n) is 7.94. The van der Waals surface area contributed by atoms with Gasteiger partial charge in [0.25, 0.3) is 0 Å². The second-order valence-electron chi connectivity index (χ2n) is 6.13. The Balaban J connectivity index is 1.61. The maximum atomic E-state index is 5.51. The van der Waals surface area contributed by atoms with E-state index < -0.39 is 0 Å². The minimum Gasteiger partial charge on any atom is -0.381 e. The Morgan fingerprint density at radius 3 is 2.86 bits per heavy atom. The van der Waals surface area contributed by atoms with Crippen LogP contribution in [-0.4, -0.2) is 69.5 Å². The van der Waals surface area contributed by atoms with E-state index in [4.69, 9.17) is 9.47 Å². The molecule has 0 aromatic carbocycles. The predicted octanol–water partition coefficient (Wildman–Crippen LogP) is 2.09. The van der Waals surface area contributed by atoms with E-state index in [1.54, 1.807) is 0 Å². The third-order valence-corrected chi connectivity index (χ3v) is 5.41. The number of rotatable bonds is 6. The second-order valence-corrected chi connectivity index (χ2v) is 7.11. The summed E-state index contributed by atoms with van der Waals surface area (Å²) in [7, 11) is 2.25. The zero-order valence-corrected chi connectivity index (χ0v) is 13.7. The zero-order valence-electron chi connectivity index (χ0n) is 12.9. The van der Waals surface area contributed by atoms with Crippen molar-refractivity contribution in [1.82, 2.24) is 9.80 Å². The Labute approximate surface area is 131 Å². The summed E-state index contributed by atoms with van der Waals surface area (Å²) in [5.41, 5.74) is 0. The fourth-order valence-corrected chi connectivity index (χ4v) is 4.15. The summed E-state index contributed by atoms with van der Waals surface area (Å²) < 4.78 is 11.0. The highest BCUT2D eigenvalue weighted by Crippen LogP contribution is 2.27. The molecule has 3 heterocycles. The van der Waals surface area contributed by atoms with Crippen LogP contribution in [0.5, 0.6) is 0 Å². The fourth-order valence-electron chi connectivity index (χ4n) is 3.29. The molecule has 4 nitrogen and oxygen atoms in total. The molecule has 0 unspecified atom stereocenters. The highest BCUT2D eigenvalue weighted by molar-refractivity contribution is 7.10. The molecule has 2 saturated heterocycles. The van der Waals surface area contributed by atoms with Crippen molar-refractivity contribution in [2.24, 2.45) is 5.92 Å². The molecule has 0 bridgehead atoms. The van der Waals surface area contributed by atoms with E-state index in [2.05, 4.69) is 34.4 Å². The van der Waals surface area contributed by atoms with Crippen LogP contribution in [-0.2, 0) is 9.47 Å². The quantitative estimate of drug-likeness (QED) is 0.803. The smallest absolute Gasteiger partial charge is 0.0594 e. The molecule has 2 aliphatic heterocycles. The van der Waals surface area contributed by atoms with Crippen LogP contribution in [0.4, 0.5) is 0 Å². The summed E-state index contributed by atoms with van der Waals surface area (Å²) in [6.45, 7) is 7.93. The summed E-state index contributed by atoms with van der Waals surface area (Å²) in [4.78, 5) is 6.54. The molecule has 2 aliphatic rings. The Kier molecular flexibility index (Phi) is 5.66. The maximum absolute atomic E-state index is 5.51. The molecule has 5 heteroatoms. The average molecular weight is 310 g/mol. The van der Waals surface area contributed by atoms with Crippen molar-refractivity contribution in [1.29, 1.82) is 0 Å². The largest absolute Gasteiger partial charge is 0.381 e. The highest BCUT2D eigenvalue weighted by atomic mass is 32.1. The highest BCUT2D eigenvalue weighted by Gasteiger charge is 2.26. The number of nitrogens with zero attached hydrogens (tertiary/aromatic N) is 2. The van der Waals surface area contributed by atoms with Gasteiger partial charge in [0, 0.05) is 37.7 Å². The van der Waals surface area contributed by atoms with Gasteiger partial charge in [-0.1, -0.05) is 6.07 Å². The minimum absolute atomic E-state index is 0.501. The van der Waals surface area contributed by atoms with Gasteiger partial charge in [0.15, 0.2) is 0 Å². The summed E-state index contributed by atoms with van der Waals surface area (Å²) in [6.07, 6.45) is 1.21. The second kappa shape index (κ2) is 7.70. The van der Waals surface area contributed by atoms with Crippen LogP contribution in [0.25, 0.3) is 0 Å². The summed E-state index contributed by atoms with van der Waals surface area (Å²) >= 11 is 1.88. The van der Waals surface area contributed by atoms with Gasteiger partial charge in [-0.15, -0.1) is 11.3 Å². The monoisotopic (exact) mass is 310 g/mol. The Bertz CT molecular complexity index is 400. The number of morpholine rings is 1. The van der Waals surface area contributed by atoms with Gasteiger partial charge >= 0.3 is 0 Å². The number of hydrogen-bond acceptors (Lipinski definition) is 5. The first-order chi connectivity index (χ1) is 10.3. The van der Waals surface area contributed by atoms with Gasteiger partial charge in [-0.3, -0.25) is 4.90 Å². The molecule has 118 valence electrons. The topological polar surface area (TPSA) is 24.9 Å². The molecule has 1 aromatic heterocycles. The molecule has 1 aromatic rings. The first-order valence-corrected chi connectivity index (χ1v) is 8.82. The number of likely N-dealkylation sites (N-methyl/N-ethyl adjacent to an activating group) is 1. The van der Waals surface area contributed by atoms with E-state index in [-0.39, 0.29) is 0 Å². The van der Waals surface area contributed by atoms with Gasteiger partial charge in [0.05, 0.1) is 25.9 Å². The van der Waals surface area contributed by atoms with Crippen molar-refractivity contribution < 1.29 is 9.47 Å². The van der Waals surface area contributed by atoms with Gasteiger partial charge in [0.2, 0.25) is 0 Å². The van der Waals surface area contributed by atoms with E-state index in [1.165, 1.54) is 11.3 Å². The van der Waals surface area contributed by atoms with E-state index in [0.29, 0.717) is 12.0 Å². The van der Waals surface area contributed by atoms with Gasteiger partial charge < -0.3 is 14.4 Å². The lowest BCUT2D eigenvalue weighted by molar-refractivity contribution is 0.00915. The van der Waals surface area contributed by atoms with E-state index in [1.807, 2.05) is 11.3 Å². The van der Waals surface area contributed by atoms with Crippen LogP contribution in [0.15, 0.2) is 17.5 Å². The van der Waals surface area contributed by atoms with E-state index in [9.17, 15) is 0 Å². The molecule has 0 saturated carbocycles. The fraction of sp³-hybridized carbons (Fsp3) is 0.750. The van der Waals surface area contributed by atoms with Crippen LogP contribution in [0, 0.1) is 5.92 Å². The average Bonchev–Trinajstić information content (AvgIpc) is 3.19.